The van der Waals surface area contributed by atoms with E-state index >= 15 is 0 Å². The average Bonchev–Trinajstić information content (AvgIpc) is 2.90. The van der Waals surface area contributed by atoms with Gasteiger partial charge in [0.15, 0.2) is 0 Å². The van der Waals surface area contributed by atoms with E-state index in [4.69, 9.17) is 0 Å². The minimum absolute atomic E-state index is 0.111. The Morgan fingerprint density at radius 1 is 0.964 bits per heavy atom. The molecule has 1 fully saturated rings. The van der Waals surface area contributed by atoms with E-state index in [9.17, 15) is 4.79 Å². The van der Waals surface area contributed by atoms with E-state index in [1.807, 2.05) is 0 Å². The van der Waals surface area contributed by atoms with Gasteiger partial charge in [-0.1, -0.05) is 80.6 Å². The average molecular weight is 368 g/mol. The Kier molecular flexibility index (Phi) is 3.63. The molecule has 1 atom stereocenters. The van der Waals surface area contributed by atoms with Crippen LogP contribution >= 0.6 is 0 Å². The summed E-state index contributed by atoms with van der Waals surface area (Å²) in [7, 11) is 0. The van der Waals surface area contributed by atoms with Gasteiger partial charge in [-0.25, -0.2) is 0 Å². The first-order valence-corrected chi connectivity index (χ1v) is 9.88. The van der Waals surface area contributed by atoms with Crippen LogP contribution in [0.25, 0.3) is 16.8 Å². The molecule has 1 unspecified atom stereocenters. The molecule has 3 aromatic carbocycles. The molecule has 3 nitrogen and oxygen atoms in total. The molecule has 0 spiro atoms. The van der Waals surface area contributed by atoms with Crippen molar-refractivity contribution in [3.63, 3.8) is 0 Å². The van der Waals surface area contributed by atoms with Crippen molar-refractivity contribution in [1.29, 1.82) is 0 Å². The number of carbonyl (C=O) groups excluding carboxylic acids is 1. The number of benzene rings is 3. The number of fused-ring (bicyclic) bond motifs is 4. The SMILES string of the molecule is CC1(C)c2ccccc2N2CCC(=O)NC21C=Cc1cccc2ccccc12. The van der Waals surface area contributed by atoms with E-state index in [1.165, 1.54) is 27.6 Å². The number of nitrogens with zero attached hydrogens (tertiary/aromatic N) is 1. The van der Waals surface area contributed by atoms with Gasteiger partial charge in [-0.05, 0) is 34.0 Å². The minimum atomic E-state index is -0.567. The second kappa shape index (κ2) is 5.96. The Morgan fingerprint density at radius 3 is 2.61 bits per heavy atom. The largest absolute Gasteiger partial charge is 0.344 e. The molecule has 0 aliphatic carbocycles. The summed E-state index contributed by atoms with van der Waals surface area (Å²) in [6.45, 7) is 5.18. The Hall–Kier alpha value is -3.07. The first-order valence-electron chi connectivity index (χ1n) is 9.88. The van der Waals surface area contributed by atoms with Crippen molar-refractivity contribution in [2.45, 2.75) is 31.3 Å². The van der Waals surface area contributed by atoms with Crippen LogP contribution in [0, 0.1) is 0 Å². The molecule has 140 valence electrons. The zero-order valence-electron chi connectivity index (χ0n) is 16.3. The number of anilines is 1. The number of hydrogen-bond acceptors (Lipinski definition) is 2. The lowest BCUT2D eigenvalue weighted by Gasteiger charge is -2.49. The van der Waals surface area contributed by atoms with Gasteiger partial charge in [0.1, 0.15) is 5.66 Å². The fourth-order valence-corrected chi connectivity index (χ4v) is 4.93. The molecule has 0 aromatic heterocycles. The van der Waals surface area contributed by atoms with Crippen molar-refractivity contribution in [2.24, 2.45) is 0 Å². The molecule has 2 aliphatic rings. The van der Waals surface area contributed by atoms with Crippen molar-refractivity contribution >= 4 is 28.4 Å². The summed E-state index contributed by atoms with van der Waals surface area (Å²) >= 11 is 0. The third-order valence-electron chi connectivity index (χ3n) is 6.47. The molecule has 1 saturated heterocycles. The molecule has 2 heterocycles. The molecule has 0 radical (unpaired) electrons. The highest BCUT2D eigenvalue weighted by Crippen LogP contribution is 2.52. The van der Waals surface area contributed by atoms with Crippen LogP contribution in [-0.2, 0) is 10.2 Å². The molecule has 3 heteroatoms. The maximum Gasteiger partial charge on any atom is 0.223 e. The molecule has 1 amide bonds. The Balaban J connectivity index is 1.67. The van der Waals surface area contributed by atoms with Gasteiger partial charge >= 0.3 is 0 Å². The van der Waals surface area contributed by atoms with Crippen molar-refractivity contribution in [1.82, 2.24) is 5.32 Å². The highest BCUT2D eigenvalue weighted by atomic mass is 16.2. The maximum absolute atomic E-state index is 12.5. The summed E-state index contributed by atoms with van der Waals surface area (Å²) < 4.78 is 0. The maximum atomic E-state index is 12.5. The van der Waals surface area contributed by atoms with E-state index in [0.717, 1.165) is 6.54 Å². The van der Waals surface area contributed by atoms with Crippen molar-refractivity contribution < 1.29 is 4.79 Å². The molecular weight excluding hydrogens is 344 g/mol. The van der Waals surface area contributed by atoms with E-state index in [2.05, 4.69) is 103 Å². The monoisotopic (exact) mass is 368 g/mol. The fourth-order valence-electron chi connectivity index (χ4n) is 4.93. The second-order valence-electron chi connectivity index (χ2n) is 8.26. The number of hydrogen-bond donors (Lipinski definition) is 1. The molecular formula is C25H24N2O. The fraction of sp³-hybridized carbons (Fsp3) is 0.240. The van der Waals surface area contributed by atoms with Crippen LogP contribution in [0.1, 0.15) is 31.4 Å². The minimum Gasteiger partial charge on any atom is -0.344 e. The number of para-hydroxylation sites is 1. The predicted molar refractivity (Wildman–Crippen MR) is 115 cm³/mol. The van der Waals surface area contributed by atoms with Gasteiger partial charge in [-0.2, -0.15) is 0 Å². The molecule has 5 rings (SSSR count). The number of amides is 1. The normalized spacial score (nSPS) is 22.9. The van der Waals surface area contributed by atoms with Gasteiger partial charge in [0.05, 0.1) is 0 Å². The summed E-state index contributed by atoms with van der Waals surface area (Å²) in [5.41, 5.74) is 2.85. The lowest BCUT2D eigenvalue weighted by Crippen LogP contribution is -2.68. The van der Waals surface area contributed by atoms with Crippen LogP contribution in [0.4, 0.5) is 5.69 Å². The molecule has 0 saturated carbocycles. The summed E-state index contributed by atoms with van der Waals surface area (Å²) in [6, 6.07) is 23.3. The van der Waals surface area contributed by atoms with Crippen LogP contribution in [0.15, 0.2) is 72.8 Å². The van der Waals surface area contributed by atoms with Crippen LogP contribution in [0.3, 0.4) is 0 Å². The Morgan fingerprint density at radius 2 is 1.71 bits per heavy atom. The molecule has 1 N–H and O–H groups in total. The van der Waals surface area contributed by atoms with Gasteiger partial charge in [0.25, 0.3) is 0 Å². The standard InChI is InChI=1S/C25H24N2O/c1-24(2)21-12-5-6-13-22(21)27-17-15-23(28)26-25(24,27)16-14-19-10-7-9-18-8-3-4-11-20(18)19/h3-14,16H,15,17H2,1-2H3,(H,26,28). The number of rotatable bonds is 2. The molecule has 0 bridgehead atoms. The summed E-state index contributed by atoms with van der Waals surface area (Å²) in [4.78, 5) is 14.9. The van der Waals surface area contributed by atoms with Crippen molar-refractivity contribution in [3.8, 4) is 0 Å². The number of nitrogens with one attached hydrogen (secondary N) is 1. The molecule has 28 heavy (non-hydrogen) atoms. The van der Waals surface area contributed by atoms with Gasteiger partial charge < -0.3 is 10.2 Å². The predicted octanol–water partition coefficient (Wildman–Crippen LogP) is 4.87. The lowest BCUT2D eigenvalue weighted by molar-refractivity contribution is -0.124. The molecule has 3 aromatic rings. The van der Waals surface area contributed by atoms with Gasteiger partial charge in [-0.3, -0.25) is 4.79 Å². The summed E-state index contributed by atoms with van der Waals surface area (Å²) in [6.07, 6.45) is 4.90. The Bertz CT molecular complexity index is 1110. The zero-order valence-corrected chi connectivity index (χ0v) is 16.3. The summed E-state index contributed by atoms with van der Waals surface area (Å²) in [5.74, 6) is 0.111. The second-order valence-corrected chi connectivity index (χ2v) is 8.26. The van der Waals surface area contributed by atoms with Crippen LogP contribution in [0.5, 0.6) is 0 Å². The van der Waals surface area contributed by atoms with Crippen LogP contribution in [-0.4, -0.2) is 18.1 Å². The molecule has 2 aliphatic heterocycles. The van der Waals surface area contributed by atoms with E-state index in [-0.39, 0.29) is 11.3 Å². The van der Waals surface area contributed by atoms with E-state index in [1.54, 1.807) is 0 Å². The van der Waals surface area contributed by atoms with E-state index in [0.29, 0.717) is 6.42 Å². The van der Waals surface area contributed by atoms with Crippen molar-refractivity contribution in [3.05, 3.63) is 83.9 Å². The van der Waals surface area contributed by atoms with E-state index < -0.39 is 5.66 Å². The van der Waals surface area contributed by atoms with Gasteiger partial charge in [-0.15, -0.1) is 0 Å². The summed E-state index contributed by atoms with van der Waals surface area (Å²) in [5, 5.41) is 5.79. The van der Waals surface area contributed by atoms with Gasteiger partial charge in [0, 0.05) is 24.1 Å². The first kappa shape index (κ1) is 17.1. The van der Waals surface area contributed by atoms with Crippen LogP contribution < -0.4 is 10.2 Å². The first-order chi connectivity index (χ1) is 13.5. The number of carbonyl (C=O) groups is 1. The van der Waals surface area contributed by atoms with Crippen molar-refractivity contribution in [2.75, 3.05) is 11.4 Å². The van der Waals surface area contributed by atoms with Crippen LogP contribution in [0.2, 0.25) is 0 Å². The highest BCUT2D eigenvalue weighted by molar-refractivity contribution is 5.91. The lowest BCUT2D eigenvalue weighted by atomic mass is 9.74. The third-order valence-corrected chi connectivity index (χ3v) is 6.47. The topological polar surface area (TPSA) is 32.3 Å². The van der Waals surface area contributed by atoms with Gasteiger partial charge in [0.2, 0.25) is 5.91 Å². The smallest absolute Gasteiger partial charge is 0.223 e. The zero-order chi connectivity index (χ0) is 19.4. The third kappa shape index (κ3) is 2.26. The Labute approximate surface area is 165 Å². The quantitative estimate of drug-likeness (QED) is 0.700. The highest BCUT2D eigenvalue weighted by Gasteiger charge is 2.57.